The van der Waals surface area contributed by atoms with Crippen LogP contribution in [-0.2, 0) is 0 Å². The predicted octanol–water partition coefficient (Wildman–Crippen LogP) is 15.6. The number of anilines is 3. The third kappa shape index (κ3) is 5.57. The molecule has 0 spiro atoms. The van der Waals surface area contributed by atoms with E-state index in [0.29, 0.717) is 0 Å². The fourth-order valence-electron chi connectivity index (χ4n) is 9.01. The Bertz CT molecular complexity index is 3250. The molecule has 0 aliphatic rings. The fourth-order valence-corrected chi connectivity index (χ4v) is 9.01. The van der Waals surface area contributed by atoms with Crippen molar-refractivity contribution in [2.45, 2.75) is 0 Å². The van der Waals surface area contributed by atoms with Crippen molar-refractivity contribution >= 4 is 60.4 Å². The van der Waals surface area contributed by atoms with Gasteiger partial charge in [-0.25, -0.2) is 0 Å². The van der Waals surface area contributed by atoms with Gasteiger partial charge in [-0.3, -0.25) is 0 Å². The highest BCUT2D eigenvalue weighted by Crippen LogP contribution is 2.48. The first-order valence-corrected chi connectivity index (χ1v) is 19.9. The van der Waals surface area contributed by atoms with E-state index in [9.17, 15) is 0 Å². The molecular weight excluding hydrogens is 701 g/mol. The van der Waals surface area contributed by atoms with Crippen LogP contribution in [0, 0.1) is 0 Å². The summed E-state index contributed by atoms with van der Waals surface area (Å²) < 4.78 is 2.44. The Morgan fingerprint density at radius 1 is 0.293 bits per heavy atom. The predicted molar refractivity (Wildman–Crippen MR) is 247 cm³/mol. The van der Waals surface area contributed by atoms with E-state index in [1.54, 1.807) is 0 Å². The molecule has 272 valence electrons. The van der Waals surface area contributed by atoms with E-state index in [0.717, 1.165) is 28.3 Å². The SMILES string of the molecule is c1ccc(-c2ccccc2-c2ccccc2-c2ccccc2N(c2ccc3c(ccc4ccccc43)c2)c2ccccc2-n2c3ccccc3c3ccccc32)cc1. The van der Waals surface area contributed by atoms with Crippen molar-refractivity contribution < 1.29 is 0 Å². The molecule has 10 aromatic carbocycles. The second kappa shape index (κ2) is 14.1. The Morgan fingerprint density at radius 2 is 0.776 bits per heavy atom. The molecule has 0 atom stereocenters. The van der Waals surface area contributed by atoms with E-state index in [1.807, 2.05) is 0 Å². The number of para-hydroxylation sites is 5. The van der Waals surface area contributed by atoms with Gasteiger partial charge in [-0.15, -0.1) is 0 Å². The van der Waals surface area contributed by atoms with Gasteiger partial charge in [0.25, 0.3) is 0 Å². The van der Waals surface area contributed by atoms with Crippen molar-refractivity contribution in [3.63, 3.8) is 0 Å². The molecule has 0 fully saturated rings. The van der Waals surface area contributed by atoms with E-state index >= 15 is 0 Å². The molecule has 58 heavy (non-hydrogen) atoms. The highest BCUT2D eigenvalue weighted by molar-refractivity contribution is 6.11. The molecule has 0 aliphatic heterocycles. The first kappa shape index (κ1) is 33.6. The summed E-state index contributed by atoms with van der Waals surface area (Å²) >= 11 is 0. The number of benzene rings is 10. The quantitative estimate of drug-likeness (QED) is 0.148. The molecule has 0 saturated heterocycles. The minimum Gasteiger partial charge on any atom is -0.308 e. The molecule has 1 aromatic heterocycles. The second-order valence-electron chi connectivity index (χ2n) is 14.9. The summed E-state index contributed by atoms with van der Waals surface area (Å²) in [5.74, 6) is 0. The summed E-state index contributed by atoms with van der Waals surface area (Å²) in [5, 5.41) is 7.43. The first-order chi connectivity index (χ1) is 28.8. The average molecular weight is 739 g/mol. The van der Waals surface area contributed by atoms with Crippen LogP contribution in [0.25, 0.3) is 82.4 Å². The molecule has 0 radical (unpaired) electrons. The number of fused-ring (bicyclic) bond motifs is 6. The van der Waals surface area contributed by atoms with Crippen LogP contribution in [-0.4, -0.2) is 4.57 Å². The van der Waals surface area contributed by atoms with Crippen molar-refractivity contribution in [2.24, 2.45) is 0 Å². The van der Waals surface area contributed by atoms with Crippen LogP contribution in [0.1, 0.15) is 0 Å². The number of hydrogen-bond acceptors (Lipinski definition) is 1. The Balaban J connectivity index is 1.19. The van der Waals surface area contributed by atoms with Crippen LogP contribution in [0.4, 0.5) is 17.1 Å². The standard InChI is InChI=1S/C56H38N2/c1-2-18-39(19-3-1)44-22-6-7-23-46(44)47-24-8-9-25-48(47)49-26-10-13-29-52(49)57(42-36-37-45-41(38-42)35-34-40-20-4-5-21-43(40)45)55-32-16-17-33-56(55)58-53-30-14-11-27-50(53)51-28-12-15-31-54(51)58/h1-38H. The summed E-state index contributed by atoms with van der Waals surface area (Å²) in [6, 6.07) is 83.8. The van der Waals surface area contributed by atoms with Crippen molar-refractivity contribution in [1.82, 2.24) is 4.57 Å². The molecular formula is C56H38N2. The Hall–Kier alpha value is -7.68. The van der Waals surface area contributed by atoms with Crippen LogP contribution < -0.4 is 4.90 Å². The normalized spacial score (nSPS) is 11.4. The lowest BCUT2D eigenvalue weighted by Crippen LogP contribution is -2.14. The van der Waals surface area contributed by atoms with Crippen LogP contribution in [0.15, 0.2) is 231 Å². The molecule has 0 saturated carbocycles. The monoisotopic (exact) mass is 738 g/mol. The van der Waals surface area contributed by atoms with Gasteiger partial charge in [0.1, 0.15) is 0 Å². The number of hydrogen-bond donors (Lipinski definition) is 0. The largest absolute Gasteiger partial charge is 0.308 e. The van der Waals surface area contributed by atoms with Gasteiger partial charge in [0.2, 0.25) is 0 Å². The Labute approximate surface area is 338 Å². The van der Waals surface area contributed by atoms with Gasteiger partial charge in [0.15, 0.2) is 0 Å². The van der Waals surface area contributed by atoms with Gasteiger partial charge in [0, 0.05) is 22.0 Å². The first-order valence-electron chi connectivity index (χ1n) is 19.9. The lowest BCUT2D eigenvalue weighted by Gasteiger charge is -2.31. The summed E-state index contributed by atoms with van der Waals surface area (Å²) in [5.41, 5.74) is 13.9. The van der Waals surface area contributed by atoms with Crippen molar-refractivity contribution in [2.75, 3.05) is 4.90 Å². The van der Waals surface area contributed by atoms with Gasteiger partial charge in [0.05, 0.1) is 28.1 Å². The molecule has 0 unspecified atom stereocenters. The van der Waals surface area contributed by atoms with E-state index in [2.05, 4.69) is 240 Å². The zero-order chi connectivity index (χ0) is 38.4. The maximum Gasteiger partial charge on any atom is 0.0702 e. The van der Waals surface area contributed by atoms with E-state index in [1.165, 1.54) is 71.2 Å². The maximum atomic E-state index is 2.47. The third-order valence-electron chi connectivity index (χ3n) is 11.6. The topological polar surface area (TPSA) is 8.17 Å². The molecule has 0 N–H and O–H groups in total. The number of rotatable bonds is 7. The van der Waals surface area contributed by atoms with Gasteiger partial charge in [-0.05, 0) is 91.8 Å². The van der Waals surface area contributed by atoms with Crippen molar-refractivity contribution in [3.05, 3.63) is 231 Å². The van der Waals surface area contributed by atoms with Crippen LogP contribution in [0.5, 0.6) is 0 Å². The summed E-state index contributed by atoms with van der Waals surface area (Å²) in [6.45, 7) is 0. The van der Waals surface area contributed by atoms with Crippen LogP contribution >= 0.6 is 0 Å². The van der Waals surface area contributed by atoms with E-state index in [-0.39, 0.29) is 0 Å². The van der Waals surface area contributed by atoms with Gasteiger partial charge in [-0.2, -0.15) is 0 Å². The highest BCUT2D eigenvalue weighted by Gasteiger charge is 2.24. The number of nitrogens with zero attached hydrogens (tertiary/aromatic N) is 2. The zero-order valence-corrected chi connectivity index (χ0v) is 31.8. The molecule has 0 amide bonds. The molecule has 11 rings (SSSR count). The third-order valence-corrected chi connectivity index (χ3v) is 11.6. The zero-order valence-electron chi connectivity index (χ0n) is 31.8. The highest BCUT2D eigenvalue weighted by atomic mass is 15.2. The summed E-state index contributed by atoms with van der Waals surface area (Å²) in [7, 11) is 0. The van der Waals surface area contributed by atoms with E-state index < -0.39 is 0 Å². The molecule has 2 nitrogen and oxygen atoms in total. The second-order valence-corrected chi connectivity index (χ2v) is 14.9. The summed E-state index contributed by atoms with van der Waals surface area (Å²) in [6.07, 6.45) is 0. The van der Waals surface area contributed by atoms with Gasteiger partial charge < -0.3 is 9.47 Å². The van der Waals surface area contributed by atoms with E-state index in [4.69, 9.17) is 0 Å². The lowest BCUT2D eigenvalue weighted by atomic mass is 9.88. The summed E-state index contributed by atoms with van der Waals surface area (Å²) in [4.78, 5) is 2.47. The van der Waals surface area contributed by atoms with Crippen molar-refractivity contribution in [1.29, 1.82) is 0 Å². The van der Waals surface area contributed by atoms with Gasteiger partial charge >= 0.3 is 0 Å². The van der Waals surface area contributed by atoms with Crippen molar-refractivity contribution in [3.8, 4) is 39.1 Å². The molecule has 2 heteroatoms. The Kier molecular flexibility index (Phi) is 8.19. The number of aromatic nitrogens is 1. The maximum absolute atomic E-state index is 2.47. The fraction of sp³-hybridized carbons (Fsp3) is 0. The minimum atomic E-state index is 1.09. The average Bonchev–Trinajstić information content (AvgIpc) is 3.64. The molecule has 0 bridgehead atoms. The molecule has 11 aromatic rings. The van der Waals surface area contributed by atoms with Crippen LogP contribution in [0.3, 0.4) is 0 Å². The smallest absolute Gasteiger partial charge is 0.0702 e. The molecule has 0 aliphatic carbocycles. The minimum absolute atomic E-state index is 1.09. The Morgan fingerprint density at radius 3 is 1.50 bits per heavy atom. The lowest BCUT2D eigenvalue weighted by molar-refractivity contribution is 1.15. The van der Waals surface area contributed by atoms with Gasteiger partial charge in [-0.1, -0.05) is 188 Å². The molecule has 1 heterocycles. The van der Waals surface area contributed by atoms with Crippen LogP contribution in [0.2, 0.25) is 0 Å².